The van der Waals surface area contributed by atoms with Gasteiger partial charge in [-0.25, -0.2) is 9.82 Å². The normalized spacial score (nSPS) is 12.0. The Morgan fingerprint density at radius 3 is 2.50 bits per heavy atom. The van der Waals surface area contributed by atoms with E-state index in [4.69, 9.17) is 15.3 Å². The van der Waals surface area contributed by atoms with Crippen LogP contribution in [0.25, 0.3) is 0 Å². The largest absolute Gasteiger partial charge is 0.497 e. The van der Waals surface area contributed by atoms with Crippen molar-refractivity contribution in [2.45, 2.75) is 6.04 Å². The summed E-state index contributed by atoms with van der Waals surface area (Å²) in [5.74, 6) is 6.35. The summed E-state index contributed by atoms with van der Waals surface area (Å²) in [6.45, 7) is 0. The first kappa shape index (κ1) is 14.3. The monoisotopic (exact) mass is 276 g/mol. The predicted octanol–water partition coefficient (Wildman–Crippen LogP) is 2.40. The molecule has 20 heavy (non-hydrogen) atoms. The zero-order valence-electron chi connectivity index (χ0n) is 11.4. The minimum absolute atomic E-state index is 0.366. The van der Waals surface area contributed by atoms with Crippen LogP contribution in [-0.2, 0) is 0 Å². The fourth-order valence-electron chi connectivity index (χ4n) is 2.14. The fourth-order valence-corrected chi connectivity index (χ4v) is 2.14. The third kappa shape index (κ3) is 2.74. The number of hydrogen-bond acceptors (Lipinski definition) is 4. The summed E-state index contributed by atoms with van der Waals surface area (Å²) in [6, 6.07) is 11.4. The van der Waals surface area contributed by atoms with Crippen LogP contribution >= 0.6 is 0 Å². The van der Waals surface area contributed by atoms with Crippen LogP contribution < -0.4 is 20.7 Å². The lowest BCUT2D eigenvalue weighted by Crippen LogP contribution is -2.30. The second-order valence-electron chi connectivity index (χ2n) is 4.23. The molecule has 5 heteroatoms. The number of nitrogens with two attached hydrogens (primary N) is 1. The molecule has 0 saturated heterocycles. The molecule has 1 atom stereocenters. The van der Waals surface area contributed by atoms with Crippen molar-refractivity contribution >= 4 is 0 Å². The first-order chi connectivity index (χ1) is 9.71. The van der Waals surface area contributed by atoms with Gasteiger partial charge in [0.05, 0.1) is 25.8 Å². The van der Waals surface area contributed by atoms with E-state index in [9.17, 15) is 4.39 Å². The van der Waals surface area contributed by atoms with Gasteiger partial charge < -0.3 is 9.47 Å². The van der Waals surface area contributed by atoms with Gasteiger partial charge >= 0.3 is 0 Å². The van der Waals surface area contributed by atoms with Crippen LogP contribution in [0, 0.1) is 5.82 Å². The fraction of sp³-hybridized carbons (Fsp3) is 0.200. The van der Waals surface area contributed by atoms with Crippen molar-refractivity contribution in [3.05, 3.63) is 59.4 Å². The Kier molecular flexibility index (Phi) is 4.55. The van der Waals surface area contributed by atoms with Gasteiger partial charge in [-0.1, -0.05) is 18.2 Å². The minimum atomic E-state index is -0.527. The Morgan fingerprint density at radius 2 is 1.85 bits per heavy atom. The van der Waals surface area contributed by atoms with Crippen molar-refractivity contribution in [2.75, 3.05) is 14.2 Å². The van der Waals surface area contributed by atoms with E-state index in [-0.39, 0.29) is 5.82 Å². The summed E-state index contributed by atoms with van der Waals surface area (Å²) < 4.78 is 24.5. The molecule has 2 aromatic carbocycles. The summed E-state index contributed by atoms with van der Waals surface area (Å²) >= 11 is 0. The first-order valence-electron chi connectivity index (χ1n) is 6.13. The highest BCUT2D eigenvalue weighted by molar-refractivity contribution is 5.44. The number of nitrogens with one attached hydrogen (secondary N) is 1. The van der Waals surface area contributed by atoms with E-state index in [1.165, 1.54) is 13.2 Å². The van der Waals surface area contributed by atoms with Crippen molar-refractivity contribution in [1.29, 1.82) is 0 Å². The molecule has 2 aromatic rings. The molecule has 0 radical (unpaired) electrons. The molecular weight excluding hydrogens is 259 g/mol. The maximum atomic E-state index is 14.1. The highest BCUT2D eigenvalue weighted by Crippen LogP contribution is 2.32. The van der Waals surface area contributed by atoms with Gasteiger partial charge in [0.2, 0.25) is 0 Å². The van der Waals surface area contributed by atoms with Crippen LogP contribution in [0.3, 0.4) is 0 Å². The summed E-state index contributed by atoms with van der Waals surface area (Å²) in [7, 11) is 3.07. The van der Waals surface area contributed by atoms with Crippen molar-refractivity contribution in [3.8, 4) is 11.5 Å². The van der Waals surface area contributed by atoms with Crippen LogP contribution in [0.15, 0.2) is 42.5 Å². The van der Waals surface area contributed by atoms with Gasteiger partial charge in [0.25, 0.3) is 0 Å². The van der Waals surface area contributed by atoms with E-state index >= 15 is 0 Å². The number of benzene rings is 2. The summed E-state index contributed by atoms with van der Waals surface area (Å²) in [4.78, 5) is 0. The number of hydrazine groups is 1. The first-order valence-corrected chi connectivity index (χ1v) is 6.13. The number of hydrogen-bond donors (Lipinski definition) is 2. The van der Waals surface area contributed by atoms with Crippen molar-refractivity contribution in [2.24, 2.45) is 5.84 Å². The van der Waals surface area contributed by atoms with Crippen LogP contribution in [0.1, 0.15) is 17.2 Å². The molecule has 0 bridgehead atoms. The highest BCUT2D eigenvalue weighted by atomic mass is 19.1. The van der Waals surface area contributed by atoms with Gasteiger partial charge in [-0.15, -0.1) is 0 Å². The van der Waals surface area contributed by atoms with E-state index in [1.807, 2.05) is 18.2 Å². The van der Waals surface area contributed by atoms with Crippen molar-refractivity contribution in [1.82, 2.24) is 5.43 Å². The highest BCUT2D eigenvalue weighted by Gasteiger charge is 2.21. The molecule has 4 nitrogen and oxygen atoms in total. The zero-order chi connectivity index (χ0) is 14.5. The van der Waals surface area contributed by atoms with Crippen LogP contribution in [0.2, 0.25) is 0 Å². The lowest BCUT2D eigenvalue weighted by Gasteiger charge is -2.20. The molecule has 0 aromatic heterocycles. The van der Waals surface area contributed by atoms with Crippen molar-refractivity contribution in [3.63, 3.8) is 0 Å². The standard InChI is InChI=1S/C15H17FN2O2/c1-19-11-6-3-5-10(9-11)15(18-17)14-12(16)7-4-8-13(14)20-2/h3-9,15,18H,17H2,1-2H3. The zero-order valence-corrected chi connectivity index (χ0v) is 11.4. The van der Waals surface area contributed by atoms with E-state index in [2.05, 4.69) is 5.43 Å². The Hall–Kier alpha value is -2.11. The molecule has 2 rings (SSSR count). The average Bonchev–Trinajstić information content (AvgIpc) is 2.49. The molecule has 0 saturated carbocycles. The smallest absolute Gasteiger partial charge is 0.132 e. The lowest BCUT2D eigenvalue weighted by atomic mass is 9.97. The molecule has 0 aliphatic heterocycles. The van der Waals surface area contributed by atoms with Gasteiger partial charge in [0, 0.05) is 0 Å². The van der Waals surface area contributed by atoms with E-state index in [0.29, 0.717) is 17.1 Å². The minimum Gasteiger partial charge on any atom is -0.497 e. The van der Waals surface area contributed by atoms with Crippen LogP contribution in [0.4, 0.5) is 4.39 Å². The van der Waals surface area contributed by atoms with Crippen molar-refractivity contribution < 1.29 is 13.9 Å². The van der Waals surface area contributed by atoms with Gasteiger partial charge in [-0.3, -0.25) is 5.84 Å². The third-order valence-corrected chi connectivity index (χ3v) is 3.12. The molecule has 0 amide bonds. The molecule has 0 fully saturated rings. The number of methoxy groups -OCH3 is 2. The number of ether oxygens (including phenoxy) is 2. The summed E-state index contributed by atoms with van der Waals surface area (Å²) in [6.07, 6.45) is 0. The second kappa shape index (κ2) is 6.36. The van der Waals surface area contributed by atoms with Crippen LogP contribution in [0.5, 0.6) is 11.5 Å². The topological polar surface area (TPSA) is 56.5 Å². The molecular formula is C15H17FN2O2. The average molecular weight is 276 g/mol. The van der Waals surface area contributed by atoms with E-state index in [1.54, 1.807) is 25.3 Å². The van der Waals surface area contributed by atoms with E-state index < -0.39 is 6.04 Å². The van der Waals surface area contributed by atoms with Gasteiger partial charge in [-0.2, -0.15) is 0 Å². The summed E-state index contributed by atoms with van der Waals surface area (Å²) in [5.41, 5.74) is 3.78. The van der Waals surface area contributed by atoms with Gasteiger partial charge in [0.1, 0.15) is 17.3 Å². The third-order valence-electron chi connectivity index (χ3n) is 3.12. The molecule has 0 aliphatic rings. The maximum Gasteiger partial charge on any atom is 0.132 e. The molecule has 3 N–H and O–H groups in total. The Balaban J connectivity index is 2.52. The summed E-state index contributed by atoms with van der Waals surface area (Å²) in [5, 5.41) is 0. The van der Waals surface area contributed by atoms with Crippen LogP contribution in [-0.4, -0.2) is 14.2 Å². The lowest BCUT2D eigenvalue weighted by molar-refractivity contribution is 0.396. The SMILES string of the molecule is COc1cccc(C(NN)c2c(F)cccc2OC)c1. The number of halogens is 1. The van der Waals surface area contributed by atoms with Gasteiger partial charge in [-0.05, 0) is 29.8 Å². The molecule has 1 unspecified atom stereocenters. The Morgan fingerprint density at radius 1 is 1.10 bits per heavy atom. The molecule has 106 valence electrons. The number of rotatable bonds is 5. The Bertz CT molecular complexity index is 590. The Labute approximate surface area is 117 Å². The predicted molar refractivity (Wildman–Crippen MR) is 75.1 cm³/mol. The van der Waals surface area contributed by atoms with Gasteiger partial charge in [0.15, 0.2) is 0 Å². The molecule has 0 spiro atoms. The maximum absolute atomic E-state index is 14.1. The molecule has 0 heterocycles. The van der Waals surface area contributed by atoms with E-state index in [0.717, 1.165) is 5.56 Å². The second-order valence-corrected chi connectivity index (χ2v) is 4.23. The molecule has 0 aliphatic carbocycles. The quantitative estimate of drug-likeness (QED) is 0.650.